The normalized spacial score (nSPS) is 13.6. The van der Waals surface area contributed by atoms with Crippen LogP contribution >= 0.6 is 11.6 Å². The standard InChI is InChI=1S/C14H13ClN4O2/c15-10-1-2-12-11(6-10)19(14(20)8-21-12)7-9-3-4-17-13(5-9)18-16/h1-6H,7-8,16H2,(H,17,18). The lowest BCUT2D eigenvalue weighted by atomic mass is 10.2. The molecule has 0 aliphatic carbocycles. The predicted octanol–water partition coefficient (Wildman–Crippen LogP) is 1.95. The van der Waals surface area contributed by atoms with Gasteiger partial charge in [-0.05, 0) is 35.9 Å². The lowest BCUT2D eigenvalue weighted by Crippen LogP contribution is -2.38. The van der Waals surface area contributed by atoms with Crippen LogP contribution in [-0.2, 0) is 11.3 Å². The summed E-state index contributed by atoms with van der Waals surface area (Å²) in [6.07, 6.45) is 1.63. The highest BCUT2D eigenvalue weighted by molar-refractivity contribution is 6.31. The maximum Gasteiger partial charge on any atom is 0.265 e. The first-order valence-electron chi connectivity index (χ1n) is 6.31. The molecule has 0 spiro atoms. The van der Waals surface area contributed by atoms with Gasteiger partial charge in [0.05, 0.1) is 12.2 Å². The lowest BCUT2D eigenvalue weighted by Gasteiger charge is -2.29. The molecule has 1 aliphatic heterocycles. The Morgan fingerprint density at radius 2 is 2.24 bits per heavy atom. The largest absolute Gasteiger partial charge is 0.482 e. The number of hydrogen-bond acceptors (Lipinski definition) is 5. The van der Waals surface area contributed by atoms with Crippen LogP contribution in [0.15, 0.2) is 36.5 Å². The quantitative estimate of drug-likeness (QED) is 0.669. The number of amides is 1. The Bertz CT molecular complexity index is 692. The molecular weight excluding hydrogens is 292 g/mol. The number of halogens is 1. The van der Waals surface area contributed by atoms with Gasteiger partial charge in [-0.15, -0.1) is 0 Å². The SMILES string of the molecule is NNc1cc(CN2C(=O)COc3ccc(Cl)cc32)ccn1. The van der Waals surface area contributed by atoms with Gasteiger partial charge in [0.2, 0.25) is 0 Å². The van der Waals surface area contributed by atoms with E-state index in [9.17, 15) is 4.79 Å². The fourth-order valence-electron chi connectivity index (χ4n) is 2.18. The van der Waals surface area contributed by atoms with Crippen molar-refractivity contribution >= 4 is 29.0 Å². The molecule has 6 nitrogen and oxygen atoms in total. The highest BCUT2D eigenvalue weighted by Gasteiger charge is 2.25. The summed E-state index contributed by atoms with van der Waals surface area (Å²) in [5, 5.41) is 0.552. The third-order valence-electron chi connectivity index (χ3n) is 3.18. The van der Waals surface area contributed by atoms with E-state index < -0.39 is 0 Å². The van der Waals surface area contributed by atoms with Gasteiger partial charge in [-0.3, -0.25) is 4.79 Å². The summed E-state index contributed by atoms with van der Waals surface area (Å²) >= 11 is 6.01. The van der Waals surface area contributed by atoms with Crippen LogP contribution in [0.5, 0.6) is 5.75 Å². The molecule has 3 N–H and O–H groups in total. The van der Waals surface area contributed by atoms with E-state index in [-0.39, 0.29) is 12.5 Å². The first kappa shape index (κ1) is 13.7. The molecule has 108 valence electrons. The number of nitrogens with one attached hydrogen (secondary N) is 1. The van der Waals surface area contributed by atoms with Gasteiger partial charge in [-0.1, -0.05) is 11.6 Å². The van der Waals surface area contributed by atoms with Crippen LogP contribution in [0.25, 0.3) is 0 Å². The Hall–Kier alpha value is -2.31. The summed E-state index contributed by atoms with van der Waals surface area (Å²) in [7, 11) is 0. The zero-order valence-electron chi connectivity index (χ0n) is 11.0. The minimum atomic E-state index is -0.121. The number of fused-ring (bicyclic) bond motifs is 1. The number of carbonyl (C=O) groups is 1. The van der Waals surface area contributed by atoms with Crippen molar-refractivity contribution in [2.24, 2.45) is 5.84 Å². The number of pyridine rings is 1. The molecule has 0 saturated carbocycles. The second kappa shape index (κ2) is 5.59. The molecule has 0 saturated heterocycles. The number of aromatic nitrogens is 1. The van der Waals surface area contributed by atoms with Crippen molar-refractivity contribution in [2.75, 3.05) is 16.9 Å². The highest BCUT2D eigenvalue weighted by Crippen LogP contribution is 2.35. The van der Waals surface area contributed by atoms with Crippen molar-refractivity contribution < 1.29 is 9.53 Å². The minimum absolute atomic E-state index is 0.0156. The third kappa shape index (κ3) is 2.76. The third-order valence-corrected chi connectivity index (χ3v) is 3.41. The zero-order chi connectivity index (χ0) is 14.8. The van der Waals surface area contributed by atoms with E-state index in [1.165, 1.54) is 0 Å². The predicted molar refractivity (Wildman–Crippen MR) is 80.2 cm³/mol. The Morgan fingerprint density at radius 3 is 3.05 bits per heavy atom. The molecule has 2 heterocycles. The molecule has 0 bridgehead atoms. The average Bonchev–Trinajstić information content (AvgIpc) is 2.50. The second-order valence-electron chi connectivity index (χ2n) is 4.57. The molecule has 1 amide bonds. The second-order valence-corrected chi connectivity index (χ2v) is 5.01. The van der Waals surface area contributed by atoms with E-state index in [4.69, 9.17) is 22.2 Å². The van der Waals surface area contributed by atoms with E-state index in [0.29, 0.717) is 28.8 Å². The number of rotatable bonds is 3. The van der Waals surface area contributed by atoms with Crippen LogP contribution in [0.2, 0.25) is 5.02 Å². The van der Waals surface area contributed by atoms with Gasteiger partial charge in [0.15, 0.2) is 6.61 Å². The molecule has 0 radical (unpaired) electrons. The number of nitrogens with zero attached hydrogens (tertiary/aromatic N) is 2. The topological polar surface area (TPSA) is 80.5 Å². The van der Waals surface area contributed by atoms with Crippen molar-refractivity contribution in [1.29, 1.82) is 0 Å². The fourth-order valence-corrected chi connectivity index (χ4v) is 2.35. The molecule has 21 heavy (non-hydrogen) atoms. The van der Waals surface area contributed by atoms with Gasteiger partial charge in [0.25, 0.3) is 5.91 Å². The van der Waals surface area contributed by atoms with Crippen molar-refractivity contribution in [3.8, 4) is 5.75 Å². The van der Waals surface area contributed by atoms with Crippen LogP contribution < -0.4 is 20.9 Å². The zero-order valence-corrected chi connectivity index (χ0v) is 11.8. The number of hydrazine groups is 1. The Morgan fingerprint density at radius 1 is 1.38 bits per heavy atom. The highest BCUT2D eigenvalue weighted by atomic mass is 35.5. The molecule has 3 rings (SSSR count). The number of benzene rings is 1. The molecule has 0 fully saturated rings. The Balaban J connectivity index is 1.94. The lowest BCUT2D eigenvalue weighted by molar-refractivity contribution is -0.121. The van der Waals surface area contributed by atoms with Gasteiger partial charge in [-0.2, -0.15) is 0 Å². The van der Waals surface area contributed by atoms with Gasteiger partial charge >= 0.3 is 0 Å². The number of ether oxygens (including phenoxy) is 1. The van der Waals surface area contributed by atoms with Crippen molar-refractivity contribution in [3.63, 3.8) is 0 Å². The number of anilines is 2. The number of nitrogen functional groups attached to an aromatic ring is 1. The smallest absolute Gasteiger partial charge is 0.265 e. The van der Waals surface area contributed by atoms with E-state index in [1.54, 1.807) is 35.4 Å². The monoisotopic (exact) mass is 304 g/mol. The molecule has 0 unspecified atom stereocenters. The van der Waals surface area contributed by atoms with E-state index in [1.807, 2.05) is 6.07 Å². The minimum Gasteiger partial charge on any atom is -0.482 e. The summed E-state index contributed by atoms with van der Waals surface area (Å²) in [5.74, 6) is 6.41. The van der Waals surface area contributed by atoms with Crippen LogP contribution in [0.3, 0.4) is 0 Å². The number of carbonyl (C=O) groups excluding carboxylic acids is 1. The molecule has 2 aromatic rings. The first-order chi connectivity index (χ1) is 10.2. The van der Waals surface area contributed by atoms with Crippen molar-refractivity contribution in [1.82, 2.24) is 4.98 Å². The maximum atomic E-state index is 12.1. The fraction of sp³-hybridized carbons (Fsp3) is 0.143. The Labute approximate surface area is 126 Å². The number of hydrogen-bond donors (Lipinski definition) is 2. The van der Waals surface area contributed by atoms with Crippen LogP contribution in [0, 0.1) is 0 Å². The van der Waals surface area contributed by atoms with Gasteiger partial charge in [0.1, 0.15) is 11.6 Å². The Kier molecular flexibility index (Phi) is 3.64. The molecule has 0 atom stereocenters. The summed E-state index contributed by atoms with van der Waals surface area (Å²) in [6, 6.07) is 8.83. The molecule has 7 heteroatoms. The van der Waals surface area contributed by atoms with Crippen LogP contribution in [0.4, 0.5) is 11.5 Å². The molecule has 1 aromatic heterocycles. The molecule has 1 aromatic carbocycles. The average molecular weight is 305 g/mol. The van der Waals surface area contributed by atoms with E-state index in [2.05, 4.69) is 10.4 Å². The summed E-state index contributed by atoms with van der Waals surface area (Å²) < 4.78 is 5.41. The summed E-state index contributed by atoms with van der Waals surface area (Å²) in [6.45, 7) is 0.411. The van der Waals surface area contributed by atoms with Gasteiger partial charge < -0.3 is 15.1 Å². The number of nitrogens with two attached hydrogens (primary N) is 1. The van der Waals surface area contributed by atoms with Crippen molar-refractivity contribution in [3.05, 3.63) is 47.1 Å². The maximum absolute atomic E-state index is 12.1. The van der Waals surface area contributed by atoms with Gasteiger partial charge in [0, 0.05) is 11.2 Å². The summed E-state index contributed by atoms with van der Waals surface area (Å²) in [5.41, 5.74) is 4.05. The molecular formula is C14H13ClN4O2. The van der Waals surface area contributed by atoms with E-state index in [0.717, 1.165) is 5.56 Å². The van der Waals surface area contributed by atoms with Crippen LogP contribution in [0.1, 0.15) is 5.56 Å². The van der Waals surface area contributed by atoms with E-state index >= 15 is 0 Å². The molecule has 1 aliphatic rings. The van der Waals surface area contributed by atoms with Gasteiger partial charge in [-0.25, -0.2) is 10.8 Å². The van der Waals surface area contributed by atoms with Crippen molar-refractivity contribution in [2.45, 2.75) is 6.54 Å². The summed E-state index contributed by atoms with van der Waals surface area (Å²) in [4.78, 5) is 17.8. The van der Waals surface area contributed by atoms with Crippen LogP contribution in [-0.4, -0.2) is 17.5 Å². The first-order valence-corrected chi connectivity index (χ1v) is 6.69.